The molecular formula is C22H14ClN3S2. The fourth-order valence-corrected chi connectivity index (χ4v) is 4.51. The minimum atomic E-state index is 0.468. The van der Waals surface area contributed by atoms with Gasteiger partial charge in [-0.3, -0.25) is 0 Å². The lowest BCUT2D eigenvalue weighted by Crippen LogP contribution is -1.95. The molecule has 0 amide bonds. The number of aromatic nitrogens is 2. The summed E-state index contributed by atoms with van der Waals surface area (Å²) in [5.74, 6) is 0.661. The number of nitriles is 1. The predicted molar refractivity (Wildman–Crippen MR) is 117 cm³/mol. The molecule has 4 rings (SSSR count). The zero-order valence-corrected chi connectivity index (χ0v) is 17.1. The van der Waals surface area contributed by atoms with Gasteiger partial charge in [-0.15, -0.1) is 23.1 Å². The molecule has 0 saturated heterocycles. The van der Waals surface area contributed by atoms with Crippen molar-refractivity contribution in [2.75, 3.05) is 0 Å². The Labute approximate surface area is 176 Å². The lowest BCUT2D eigenvalue weighted by molar-refractivity contribution is 1.12. The molecule has 0 N–H and O–H groups in total. The topological polar surface area (TPSA) is 49.6 Å². The summed E-state index contributed by atoms with van der Waals surface area (Å²) in [6.07, 6.45) is 1.75. The van der Waals surface area contributed by atoms with Crippen LogP contribution in [-0.2, 0) is 5.75 Å². The van der Waals surface area contributed by atoms with Crippen molar-refractivity contribution in [3.63, 3.8) is 0 Å². The lowest BCUT2D eigenvalue weighted by atomic mass is 10.0. The maximum Gasteiger partial charge on any atom is 0.129 e. The fourth-order valence-electron chi connectivity index (χ4n) is 2.77. The van der Waals surface area contributed by atoms with Crippen LogP contribution in [0.3, 0.4) is 0 Å². The molecule has 0 aliphatic heterocycles. The molecule has 3 nitrogen and oxygen atoms in total. The first-order chi connectivity index (χ1) is 13.7. The Morgan fingerprint density at radius 1 is 1.07 bits per heavy atom. The number of thiophene rings is 1. The third kappa shape index (κ3) is 4.10. The summed E-state index contributed by atoms with van der Waals surface area (Å²) in [7, 11) is 0. The molecule has 0 bridgehead atoms. The molecular weight excluding hydrogens is 406 g/mol. The highest BCUT2D eigenvalue weighted by atomic mass is 35.5. The first-order valence-corrected chi connectivity index (χ1v) is 10.8. The Bertz CT molecular complexity index is 1120. The van der Waals surface area contributed by atoms with Crippen molar-refractivity contribution in [3.8, 4) is 27.8 Å². The van der Waals surface area contributed by atoms with E-state index in [0.717, 1.165) is 32.3 Å². The second-order valence-corrected chi connectivity index (χ2v) is 8.27. The first kappa shape index (κ1) is 18.7. The van der Waals surface area contributed by atoms with Gasteiger partial charge in [0.25, 0.3) is 0 Å². The minimum absolute atomic E-state index is 0.468. The zero-order chi connectivity index (χ0) is 19.3. The van der Waals surface area contributed by atoms with Gasteiger partial charge in [0.05, 0.1) is 16.1 Å². The lowest BCUT2D eigenvalue weighted by Gasteiger charge is -2.12. The Kier molecular flexibility index (Phi) is 5.73. The van der Waals surface area contributed by atoms with E-state index < -0.39 is 0 Å². The molecule has 4 aromatic rings. The molecule has 136 valence electrons. The molecule has 0 fully saturated rings. The normalized spacial score (nSPS) is 10.6. The third-order valence-corrected chi connectivity index (χ3v) is 6.28. The highest BCUT2D eigenvalue weighted by Gasteiger charge is 2.16. The molecule has 0 spiro atoms. The van der Waals surface area contributed by atoms with Gasteiger partial charge < -0.3 is 0 Å². The van der Waals surface area contributed by atoms with Crippen LogP contribution in [0.15, 0.2) is 77.3 Å². The summed E-state index contributed by atoms with van der Waals surface area (Å²) >= 11 is 9.05. The molecule has 0 atom stereocenters. The van der Waals surface area contributed by atoms with E-state index in [1.807, 2.05) is 60.0 Å². The van der Waals surface area contributed by atoms with E-state index in [1.165, 1.54) is 11.8 Å². The second kappa shape index (κ2) is 8.57. The van der Waals surface area contributed by atoms with Gasteiger partial charge in [0, 0.05) is 17.5 Å². The molecule has 3 aromatic heterocycles. The Morgan fingerprint density at radius 3 is 2.61 bits per heavy atom. The Hall–Kier alpha value is -2.65. The minimum Gasteiger partial charge on any atom is -0.244 e. The zero-order valence-electron chi connectivity index (χ0n) is 14.7. The van der Waals surface area contributed by atoms with Crippen LogP contribution in [0.2, 0.25) is 5.15 Å². The van der Waals surface area contributed by atoms with Crippen molar-refractivity contribution < 1.29 is 0 Å². The van der Waals surface area contributed by atoms with E-state index in [0.29, 0.717) is 16.5 Å². The van der Waals surface area contributed by atoms with Gasteiger partial charge >= 0.3 is 0 Å². The van der Waals surface area contributed by atoms with Crippen LogP contribution in [0.1, 0.15) is 11.1 Å². The third-order valence-electron chi connectivity index (χ3n) is 4.12. The molecule has 0 unspecified atom stereocenters. The largest absolute Gasteiger partial charge is 0.244 e. The van der Waals surface area contributed by atoms with Crippen LogP contribution in [0.25, 0.3) is 21.7 Å². The average molecular weight is 420 g/mol. The summed E-state index contributed by atoms with van der Waals surface area (Å²) < 4.78 is 0. The van der Waals surface area contributed by atoms with E-state index in [-0.39, 0.29) is 0 Å². The smallest absolute Gasteiger partial charge is 0.129 e. The predicted octanol–water partition coefficient (Wildman–Crippen LogP) is 6.69. The molecule has 0 radical (unpaired) electrons. The van der Waals surface area contributed by atoms with Crippen molar-refractivity contribution in [2.45, 2.75) is 10.8 Å². The second-order valence-electron chi connectivity index (χ2n) is 5.97. The summed E-state index contributed by atoms with van der Waals surface area (Å²) in [4.78, 5) is 10.0. The number of thioether (sulfide) groups is 1. The van der Waals surface area contributed by atoms with Crippen LogP contribution < -0.4 is 0 Å². The molecule has 0 saturated carbocycles. The van der Waals surface area contributed by atoms with Gasteiger partial charge in [0.1, 0.15) is 16.2 Å². The quantitative estimate of drug-likeness (QED) is 0.267. The highest BCUT2D eigenvalue weighted by molar-refractivity contribution is 7.98. The number of hydrogen-bond acceptors (Lipinski definition) is 5. The van der Waals surface area contributed by atoms with Gasteiger partial charge in [0.2, 0.25) is 0 Å². The van der Waals surface area contributed by atoms with E-state index in [2.05, 4.69) is 11.1 Å². The van der Waals surface area contributed by atoms with Gasteiger partial charge in [-0.2, -0.15) is 5.26 Å². The van der Waals surface area contributed by atoms with Crippen molar-refractivity contribution in [2.24, 2.45) is 0 Å². The maximum atomic E-state index is 9.89. The van der Waals surface area contributed by atoms with E-state index in [9.17, 15) is 5.26 Å². The maximum absolute atomic E-state index is 9.89. The number of rotatable bonds is 5. The molecule has 0 aliphatic rings. The van der Waals surface area contributed by atoms with Gasteiger partial charge in [-0.25, -0.2) is 9.97 Å². The summed E-state index contributed by atoms with van der Waals surface area (Å²) in [5, 5.41) is 13.1. The number of halogens is 1. The Balaban J connectivity index is 1.78. The van der Waals surface area contributed by atoms with Crippen LogP contribution in [0.4, 0.5) is 0 Å². The van der Waals surface area contributed by atoms with Crippen molar-refractivity contribution in [1.82, 2.24) is 9.97 Å². The number of pyridine rings is 2. The monoisotopic (exact) mass is 419 g/mol. The SMILES string of the molecule is N#Cc1c(-c2ccccc2)cc(-c2cccs2)nc1SCc1ccc(Cl)nc1. The van der Waals surface area contributed by atoms with Crippen LogP contribution >= 0.6 is 34.7 Å². The van der Waals surface area contributed by atoms with E-state index in [1.54, 1.807) is 23.6 Å². The molecule has 6 heteroatoms. The van der Waals surface area contributed by atoms with Gasteiger partial charge in [0.15, 0.2) is 0 Å². The van der Waals surface area contributed by atoms with Crippen LogP contribution in [0, 0.1) is 11.3 Å². The van der Waals surface area contributed by atoms with Crippen molar-refractivity contribution >= 4 is 34.7 Å². The molecule has 0 aliphatic carbocycles. The summed E-state index contributed by atoms with van der Waals surface area (Å²) in [6.45, 7) is 0. The Morgan fingerprint density at radius 2 is 1.93 bits per heavy atom. The van der Waals surface area contributed by atoms with Gasteiger partial charge in [-0.05, 0) is 34.7 Å². The summed E-state index contributed by atoms with van der Waals surface area (Å²) in [5.41, 5.74) is 4.42. The number of nitrogens with zero attached hydrogens (tertiary/aromatic N) is 3. The molecule has 1 aromatic carbocycles. The summed E-state index contributed by atoms with van der Waals surface area (Å²) in [6, 6.07) is 22.1. The fraction of sp³-hybridized carbons (Fsp3) is 0.0455. The van der Waals surface area contributed by atoms with Gasteiger partial charge in [-0.1, -0.05) is 54.1 Å². The number of hydrogen-bond donors (Lipinski definition) is 0. The van der Waals surface area contributed by atoms with Crippen molar-refractivity contribution in [1.29, 1.82) is 5.26 Å². The number of benzene rings is 1. The molecule has 28 heavy (non-hydrogen) atoms. The highest BCUT2D eigenvalue weighted by Crippen LogP contribution is 2.36. The standard InChI is InChI=1S/C22H14ClN3S2/c23-21-9-8-15(13-25-21)14-28-22-18(12-24)17(16-5-2-1-3-6-16)11-19(26-22)20-7-4-10-27-20/h1-11,13H,14H2. The van der Waals surface area contributed by atoms with Crippen LogP contribution in [0.5, 0.6) is 0 Å². The average Bonchev–Trinajstić information content (AvgIpc) is 3.28. The first-order valence-electron chi connectivity index (χ1n) is 8.52. The molecule has 3 heterocycles. The van der Waals surface area contributed by atoms with Crippen molar-refractivity contribution in [3.05, 3.63) is 88.5 Å². The van der Waals surface area contributed by atoms with E-state index in [4.69, 9.17) is 16.6 Å². The van der Waals surface area contributed by atoms with Crippen LogP contribution in [-0.4, -0.2) is 9.97 Å². The van der Waals surface area contributed by atoms with E-state index >= 15 is 0 Å².